The number of nitrogens with one attached hydrogen (secondary N) is 3. The summed E-state index contributed by atoms with van der Waals surface area (Å²) in [4.78, 5) is 41.8. The predicted molar refractivity (Wildman–Crippen MR) is 136 cm³/mol. The zero-order valence-corrected chi connectivity index (χ0v) is 19.5. The van der Waals surface area contributed by atoms with E-state index in [0.29, 0.717) is 23.5 Å². The van der Waals surface area contributed by atoms with Crippen molar-refractivity contribution in [3.63, 3.8) is 0 Å². The van der Waals surface area contributed by atoms with Crippen molar-refractivity contribution in [1.82, 2.24) is 25.0 Å². The van der Waals surface area contributed by atoms with Gasteiger partial charge in [0.25, 0.3) is 5.91 Å². The highest BCUT2D eigenvalue weighted by atomic mass is 16.2. The van der Waals surface area contributed by atoms with E-state index in [4.69, 9.17) is 12.2 Å². The molecule has 11 heteroatoms. The standard InChI is InChI=1S/C25H24N8O3/c1-3-21(34)32-14-4-5-18(15-32)16-6-10-20(11-7-16)29-25(36)33-23(26)30-24(31-33)28-19-12-8-17(9-13-19)22(35)27-2/h1,6-13,15H,4-5,14H2,2H3,(H,27,35)(H,29,36)(H3,26,28,30,31). The molecule has 182 valence electrons. The van der Waals surface area contributed by atoms with Gasteiger partial charge >= 0.3 is 11.9 Å². The van der Waals surface area contributed by atoms with Gasteiger partial charge in [0.05, 0.1) is 0 Å². The summed E-state index contributed by atoms with van der Waals surface area (Å²) in [6, 6.07) is 13.3. The van der Waals surface area contributed by atoms with Crippen molar-refractivity contribution < 1.29 is 14.4 Å². The van der Waals surface area contributed by atoms with Crippen LogP contribution in [0.15, 0.2) is 54.7 Å². The number of benzene rings is 2. The van der Waals surface area contributed by atoms with Gasteiger partial charge in [-0.15, -0.1) is 16.2 Å². The third-order valence-electron chi connectivity index (χ3n) is 5.50. The van der Waals surface area contributed by atoms with E-state index in [-0.39, 0.29) is 23.7 Å². The van der Waals surface area contributed by atoms with Crippen molar-refractivity contribution in [3.8, 4) is 12.3 Å². The van der Waals surface area contributed by atoms with Gasteiger partial charge in [-0.2, -0.15) is 4.98 Å². The van der Waals surface area contributed by atoms with E-state index in [2.05, 4.69) is 32.0 Å². The molecule has 0 saturated heterocycles. The van der Waals surface area contributed by atoms with Gasteiger partial charge in [0.2, 0.25) is 11.9 Å². The number of nitrogens with zero attached hydrogens (tertiary/aromatic N) is 4. The molecule has 1 aliphatic rings. The minimum absolute atomic E-state index is 0.0979. The smallest absolute Gasteiger partial charge is 0.349 e. The van der Waals surface area contributed by atoms with Crippen LogP contribution in [-0.4, -0.2) is 51.1 Å². The largest absolute Gasteiger partial charge is 0.368 e. The van der Waals surface area contributed by atoms with Crippen molar-refractivity contribution in [3.05, 3.63) is 65.9 Å². The predicted octanol–water partition coefficient (Wildman–Crippen LogP) is 2.64. The lowest BCUT2D eigenvalue weighted by Crippen LogP contribution is -2.28. The highest BCUT2D eigenvalue weighted by Crippen LogP contribution is 2.26. The molecule has 0 radical (unpaired) electrons. The van der Waals surface area contributed by atoms with Gasteiger partial charge in [-0.1, -0.05) is 12.1 Å². The van der Waals surface area contributed by atoms with Crippen molar-refractivity contribution in [1.29, 1.82) is 0 Å². The number of aromatic nitrogens is 3. The van der Waals surface area contributed by atoms with Gasteiger partial charge in [-0.05, 0) is 66.3 Å². The molecule has 1 aromatic heterocycles. The molecule has 0 fully saturated rings. The third kappa shape index (κ3) is 5.34. The normalized spacial score (nSPS) is 12.8. The molecule has 2 aromatic carbocycles. The van der Waals surface area contributed by atoms with Crippen molar-refractivity contribution in [2.75, 3.05) is 30.0 Å². The first-order valence-electron chi connectivity index (χ1n) is 11.1. The zero-order chi connectivity index (χ0) is 25.7. The quantitative estimate of drug-likeness (QED) is 0.407. The number of allylic oxidation sites excluding steroid dienone is 1. The number of rotatable bonds is 5. The summed E-state index contributed by atoms with van der Waals surface area (Å²) in [6.45, 7) is 0.595. The van der Waals surface area contributed by atoms with Crippen LogP contribution in [0, 0.1) is 12.3 Å². The van der Waals surface area contributed by atoms with E-state index < -0.39 is 6.03 Å². The van der Waals surface area contributed by atoms with Crippen LogP contribution in [0.3, 0.4) is 0 Å². The van der Waals surface area contributed by atoms with Crippen LogP contribution >= 0.6 is 0 Å². The minimum atomic E-state index is -0.585. The van der Waals surface area contributed by atoms with Crippen molar-refractivity contribution >= 4 is 46.7 Å². The Morgan fingerprint density at radius 1 is 1.06 bits per heavy atom. The fourth-order valence-corrected chi connectivity index (χ4v) is 3.67. The Labute approximate surface area is 207 Å². The van der Waals surface area contributed by atoms with Gasteiger partial charge < -0.3 is 26.6 Å². The molecule has 4 rings (SSSR count). The second-order valence-corrected chi connectivity index (χ2v) is 7.90. The Morgan fingerprint density at radius 2 is 1.75 bits per heavy atom. The molecule has 0 spiro atoms. The summed E-state index contributed by atoms with van der Waals surface area (Å²) < 4.78 is 0.947. The van der Waals surface area contributed by atoms with Crippen LogP contribution in [0.2, 0.25) is 0 Å². The molecule has 0 atom stereocenters. The Hall–Kier alpha value is -5.11. The topological polar surface area (TPSA) is 147 Å². The Balaban J connectivity index is 1.41. The van der Waals surface area contributed by atoms with Crippen molar-refractivity contribution in [2.45, 2.75) is 12.8 Å². The van der Waals surface area contributed by atoms with Crippen LogP contribution in [-0.2, 0) is 4.79 Å². The van der Waals surface area contributed by atoms with Crippen molar-refractivity contribution in [2.24, 2.45) is 0 Å². The molecule has 2 heterocycles. The minimum Gasteiger partial charge on any atom is -0.368 e. The molecule has 0 unspecified atom stereocenters. The Morgan fingerprint density at radius 3 is 2.42 bits per heavy atom. The van der Waals surface area contributed by atoms with Gasteiger partial charge in [0, 0.05) is 36.7 Å². The van der Waals surface area contributed by atoms with Gasteiger partial charge in [0.1, 0.15) is 0 Å². The molecular formula is C25H24N8O3. The number of terminal acetylenes is 1. The molecule has 36 heavy (non-hydrogen) atoms. The number of anilines is 4. The Kier molecular flexibility index (Phi) is 6.97. The van der Waals surface area contributed by atoms with Crippen LogP contribution in [0.4, 0.5) is 28.1 Å². The average molecular weight is 485 g/mol. The summed E-state index contributed by atoms with van der Waals surface area (Å²) in [7, 11) is 1.56. The lowest BCUT2D eigenvalue weighted by atomic mass is 9.99. The summed E-state index contributed by atoms with van der Waals surface area (Å²) in [6.07, 6.45) is 8.63. The maximum atomic E-state index is 12.7. The first-order valence-corrected chi connectivity index (χ1v) is 11.1. The zero-order valence-electron chi connectivity index (χ0n) is 19.5. The molecule has 0 aliphatic carbocycles. The molecule has 5 N–H and O–H groups in total. The number of hydrogen-bond acceptors (Lipinski definition) is 7. The van der Waals surface area contributed by atoms with E-state index in [0.717, 1.165) is 28.7 Å². The summed E-state index contributed by atoms with van der Waals surface area (Å²) in [5.41, 5.74) is 9.46. The van der Waals surface area contributed by atoms with Gasteiger partial charge in [-0.3, -0.25) is 9.59 Å². The summed E-state index contributed by atoms with van der Waals surface area (Å²) in [5.74, 6) is 1.60. The molecular weight excluding hydrogens is 460 g/mol. The number of hydrogen-bond donors (Lipinski definition) is 4. The number of carbonyl (C=O) groups excluding carboxylic acids is 3. The van der Waals surface area contributed by atoms with E-state index in [1.165, 1.54) is 4.90 Å². The molecule has 1 aliphatic heterocycles. The SMILES string of the molecule is C#CC(=O)N1C=C(c2ccc(NC(=O)n3nc(Nc4ccc(C(=O)NC)cc4)nc3N)cc2)CCC1. The fourth-order valence-electron chi connectivity index (χ4n) is 3.67. The maximum Gasteiger partial charge on any atom is 0.349 e. The van der Waals surface area contributed by atoms with E-state index in [1.54, 1.807) is 49.6 Å². The number of nitrogens with two attached hydrogens (primary N) is 1. The molecule has 0 saturated carbocycles. The maximum absolute atomic E-state index is 12.7. The third-order valence-corrected chi connectivity index (χ3v) is 5.50. The van der Waals surface area contributed by atoms with E-state index >= 15 is 0 Å². The molecule has 0 bridgehead atoms. The van der Waals surface area contributed by atoms with E-state index in [1.807, 2.05) is 12.1 Å². The average Bonchev–Trinajstić information content (AvgIpc) is 3.28. The fraction of sp³-hybridized carbons (Fsp3) is 0.160. The molecule has 3 aromatic rings. The van der Waals surface area contributed by atoms with E-state index in [9.17, 15) is 14.4 Å². The first-order chi connectivity index (χ1) is 17.4. The highest BCUT2D eigenvalue weighted by molar-refractivity contribution is 5.95. The number of amides is 3. The number of carbonyl (C=O) groups is 3. The lowest BCUT2D eigenvalue weighted by Gasteiger charge is -2.23. The van der Waals surface area contributed by atoms with Crippen LogP contribution in [0.1, 0.15) is 28.8 Å². The van der Waals surface area contributed by atoms with Gasteiger partial charge in [-0.25, -0.2) is 4.79 Å². The monoisotopic (exact) mass is 484 g/mol. The summed E-state index contributed by atoms with van der Waals surface area (Å²) >= 11 is 0. The molecule has 3 amide bonds. The van der Waals surface area contributed by atoms with Crippen LogP contribution in [0.25, 0.3) is 5.57 Å². The second-order valence-electron chi connectivity index (χ2n) is 7.90. The Bertz CT molecular complexity index is 1370. The lowest BCUT2D eigenvalue weighted by molar-refractivity contribution is -0.122. The van der Waals surface area contributed by atoms with Crippen LogP contribution in [0.5, 0.6) is 0 Å². The summed E-state index contributed by atoms with van der Waals surface area (Å²) in [5, 5.41) is 12.3. The van der Waals surface area contributed by atoms with Crippen LogP contribution < -0.4 is 21.7 Å². The van der Waals surface area contributed by atoms with Gasteiger partial charge in [0.15, 0.2) is 0 Å². The molecule has 11 nitrogen and oxygen atoms in total. The second kappa shape index (κ2) is 10.4. The number of nitrogen functional groups attached to an aromatic ring is 1. The first kappa shape index (κ1) is 24.0. The highest BCUT2D eigenvalue weighted by Gasteiger charge is 2.17.